The molecule has 0 aliphatic rings. The maximum Gasteiger partial charge on any atom is 0.122 e. The van der Waals surface area contributed by atoms with Gasteiger partial charge in [0.15, 0.2) is 0 Å². The predicted octanol–water partition coefficient (Wildman–Crippen LogP) is 1.81. The van der Waals surface area contributed by atoms with Gasteiger partial charge in [0.05, 0.1) is 12.2 Å². The van der Waals surface area contributed by atoms with Crippen molar-refractivity contribution in [2.45, 2.75) is 33.0 Å². The number of benzene rings is 1. The first-order valence-corrected chi connectivity index (χ1v) is 5.10. The fourth-order valence-corrected chi connectivity index (χ4v) is 1.30. The average Bonchev–Trinajstić information content (AvgIpc) is 2.15. The van der Waals surface area contributed by atoms with E-state index in [2.05, 4.69) is 0 Å². The van der Waals surface area contributed by atoms with E-state index < -0.39 is 12.2 Å². The molecular formula is C12H18O3. The zero-order valence-corrected chi connectivity index (χ0v) is 9.40. The molecule has 2 unspecified atom stereocenters. The minimum atomic E-state index is -0.471. The van der Waals surface area contributed by atoms with Gasteiger partial charge in [-0.05, 0) is 44.0 Å². The van der Waals surface area contributed by atoms with E-state index >= 15 is 0 Å². The number of hydrogen-bond acceptors (Lipinski definition) is 3. The van der Waals surface area contributed by atoms with Gasteiger partial charge >= 0.3 is 0 Å². The van der Waals surface area contributed by atoms with Crippen molar-refractivity contribution in [2.75, 3.05) is 6.61 Å². The van der Waals surface area contributed by atoms with Crippen molar-refractivity contribution in [1.82, 2.24) is 0 Å². The standard InChI is InChI=1S/C12H18O3/c1-8-6-11(10(3)14)4-5-12(8)15-7-9(2)13/h4-6,9-10,13-14H,7H2,1-3H3. The Morgan fingerprint density at radius 3 is 2.40 bits per heavy atom. The van der Waals surface area contributed by atoms with Gasteiger partial charge < -0.3 is 14.9 Å². The van der Waals surface area contributed by atoms with Crippen LogP contribution in [0.2, 0.25) is 0 Å². The van der Waals surface area contributed by atoms with Crippen LogP contribution in [0.5, 0.6) is 5.75 Å². The summed E-state index contributed by atoms with van der Waals surface area (Å²) in [7, 11) is 0. The van der Waals surface area contributed by atoms with Gasteiger partial charge in [0, 0.05) is 0 Å². The van der Waals surface area contributed by atoms with Crippen LogP contribution in [0, 0.1) is 6.92 Å². The molecule has 1 rings (SSSR count). The highest BCUT2D eigenvalue weighted by Gasteiger charge is 2.05. The number of rotatable bonds is 4. The lowest BCUT2D eigenvalue weighted by molar-refractivity contribution is 0.122. The Kier molecular flexibility index (Phi) is 4.12. The Bertz CT molecular complexity index is 319. The van der Waals surface area contributed by atoms with E-state index in [0.717, 1.165) is 16.9 Å². The Morgan fingerprint density at radius 1 is 1.27 bits per heavy atom. The molecule has 1 aromatic rings. The molecule has 0 aliphatic heterocycles. The summed E-state index contributed by atoms with van der Waals surface area (Å²) in [5.74, 6) is 0.750. The highest BCUT2D eigenvalue weighted by atomic mass is 16.5. The maximum absolute atomic E-state index is 9.38. The summed E-state index contributed by atoms with van der Waals surface area (Å²) in [6, 6.07) is 5.54. The van der Waals surface area contributed by atoms with E-state index in [9.17, 15) is 5.11 Å². The molecule has 3 nitrogen and oxygen atoms in total. The third-order valence-electron chi connectivity index (χ3n) is 2.16. The summed E-state index contributed by atoms with van der Waals surface area (Å²) in [6.07, 6.45) is -0.935. The number of aliphatic hydroxyl groups is 2. The molecule has 0 aliphatic carbocycles. The van der Waals surface area contributed by atoms with Gasteiger partial charge in [-0.15, -0.1) is 0 Å². The molecule has 0 saturated heterocycles. The van der Waals surface area contributed by atoms with Crippen LogP contribution in [0.3, 0.4) is 0 Å². The van der Waals surface area contributed by atoms with E-state index in [0.29, 0.717) is 0 Å². The van der Waals surface area contributed by atoms with Crippen LogP contribution < -0.4 is 4.74 Å². The molecule has 84 valence electrons. The molecule has 2 N–H and O–H groups in total. The number of hydrogen-bond donors (Lipinski definition) is 2. The topological polar surface area (TPSA) is 49.7 Å². The van der Waals surface area contributed by atoms with Crippen LogP contribution in [0.1, 0.15) is 31.1 Å². The van der Waals surface area contributed by atoms with Crippen LogP contribution in [0.4, 0.5) is 0 Å². The predicted molar refractivity (Wildman–Crippen MR) is 59.0 cm³/mol. The first-order valence-electron chi connectivity index (χ1n) is 5.10. The van der Waals surface area contributed by atoms with Gasteiger partial charge in [-0.1, -0.05) is 6.07 Å². The van der Waals surface area contributed by atoms with E-state index in [-0.39, 0.29) is 6.61 Å². The fraction of sp³-hybridized carbons (Fsp3) is 0.500. The fourth-order valence-electron chi connectivity index (χ4n) is 1.30. The minimum Gasteiger partial charge on any atom is -0.491 e. The number of aliphatic hydroxyl groups excluding tert-OH is 2. The first-order chi connectivity index (χ1) is 7.00. The largest absolute Gasteiger partial charge is 0.491 e. The zero-order valence-electron chi connectivity index (χ0n) is 9.40. The molecule has 3 heteroatoms. The Hall–Kier alpha value is -1.06. The van der Waals surface area contributed by atoms with Crippen LogP contribution in [0.15, 0.2) is 18.2 Å². The highest BCUT2D eigenvalue weighted by Crippen LogP contribution is 2.22. The zero-order chi connectivity index (χ0) is 11.4. The van der Waals surface area contributed by atoms with Gasteiger partial charge in [-0.3, -0.25) is 0 Å². The van der Waals surface area contributed by atoms with E-state index in [1.165, 1.54) is 0 Å². The van der Waals surface area contributed by atoms with Crippen molar-refractivity contribution in [1.29, 1.82) is 0 Å². The van der Waals surface area contributed by atoms with Crippen molar-refractivity contribution in [2.24, 2.45) is 0 Å². The molecular weight excluding hydrogens is 192 g/mol. The van der Waals surface area contributed by atoms with Crippen LogP contribution in [-0.2, 0) is 0 Å². The summed E-state index contributed by atoms with van der Waals surface area (Å²) in [6.45, 7) is 5.61. The van der Waals surface area contributed by atoms with E-state index in [1.807, 2.05) is 25.1 Å². The molecule has 2 atom stereocenters. The smallest absolute Gasteiger partial charge is 0.122 e. The van der Waals surface area contributed by atoms with Gasteiger partial charge in [-0.2, -0.15) is 0 Å². The monoisotopic (exact) mass is 210 g/mol. The quantitative estimate of drug-likeness (QED) is 0.796. The van der Waals surface area contributed by atoms with Crippen molar-refractivity contribution in [3.05, 3.63) is 29.3 Å². The lowest BCUT2D eigenvalue weighted by Gasteiger charge is -2.12. The van der Waals surface area contributed by atoms with Crippen LogP contribution >= 0.6 is 0 Å². The van der Waals surface area contributed by atoms with Gasteiger partial charge in [-0.25, -0.2) is 0 Å². The SMILES string of the molecule is Cc1cc(C(C)O)ccc1OCC(C)O. The Labute approximate surface area is 90.3 Å². The van der Waals surface area contributed by atoms with E-state index in [1.54, 1.807) is 13.8 Å². The van der Waals surface area contributed by atoms with Crippen molar-refractivity contribution >= 4 is 0 Å². The molecule has 0 bridgehead atoms. The summed E-state index contributed by atoms with van der Waals surface area (Å²) in [5.41, 5.74) is 1.84. The molecule has 15 heavy (non-hydrogen) atoms. The van der Waals surface area contributed by atoms with Gasteiger partial charge in [0.1, 0.15) is 12.4 Å². The highest BCUT2D eigenvalue weighted by molar-refractivity contribution is 5.36. The number of aryl methyl sites for hydroxylation is 1. The Morgan fingerprint density at radius 2 is 1.93 bits per heavy atom. The summed E-state index contributed by atoms with van der Waals surface area (Å²) >= 11 is 0. The third-order valence-corrected chi connectivity index (χ3v) is 2.16. The summed E-state index contributed by atoms with van der Waals surface area (Å²) < 4.78 is 5.40. The van der Waals surface area contributed by atoms with Crippen molar-refractivity contribution in [3.63, 3.8) is 0 Å². The lowest BCUT2D eigenvalue weighted by Crippen LogP contribution is -2.13. The normalized spacial score (nSPS) is 14.7. The lowest BCUT2D eigenvalue weighted by atomic mass is 10.1. The molecule has 0 saturated carbocycles. The molecule has 0 aromatic heterocycles. The van der Waals surface area contributed by atoms with Crippen molar-refractivity contribution < 1.29 is 14.9 Å². The second-order valence-corrected chi connectivity index (χ2v) is 3.86. The molecule has 0 heterocycles. The van der Waals surface area contributed by atoms with Crippen LogP contribution in [0.25, 0.3) is 0 Å². The van der Waals surface area contributed by atoms with Gasteiger partial charge in [0.25, 0.3) is 0 Å². The summed E-state index contributed by atoms with van der Waals surface area (Å²) in [5, 5.41) is 18.5. The van der Waals surface area contributed by atoms with E-state index in [4.69, 9.17) is 9.84 Å². The summed E-state index contributed by atoms with van der Waals surface area (Å²) in [4.78, 5) is 0. The molecule has 0 radical (unpaired) electrons. The average molecular weight is 210 g/mol. The first kappa shape index (κ1) is 12.0. The van der Waals surface area contributed by atoms with Crippen molar-refractivity contribution in [3.8, 4) is 5.75 Å². The Balaban J connectivity index is 2.75. The molecule has 0 spiro atoms. The number of ether oxygens (including phenoxy) is 1. The second kappa shape index (κ2) is 5.14. The maximum atomic E-state index is 9.38. The third kappa shape index (κ3) is 3.53. The second-order valence-electron chi connectivity index (χ2n) is 3.86. The minimum absolute atomic E-state index is 0.287. The molecule has 1 aromatic carbocycles. The molecule has 0 amide bonds. The molecule has 0 fully saturated rings. The van der Waals surface area contributed by atoms with Crippen LogP contribution in [-0.4, -0.2) is 22.9 Å². The van der Waals surface area contributed by atoms with Gasteiger partial charge in [0.2, 0.25) is 0 Å².